The number of anilines is 3. The lowest BCUT2D eigenvalue weighted by atomic mass is 10.1. The van der Waals surface area contributed by atoms with E-state index < -0.39 is 11.6 Å². The topological polar surface area (TPSA) is 80.8 Å². The van der Waals surface area contributed by atoms with Gasteiger partial charge in [-0.3, -0.25) is 4.79 Å². The van der Waals surface area contributed by atoms with Crippen molar-refractivity contribution in [1.29, 1.82) is 0 Å². The molecule has 3 amide bonds. The van der Waals surface area contributed by atoms with Crippen LogP contribution in [-0.4, -0.2) is 65.5 Å². The van der Waals surface area contributed by atoms with Gasteiger partial charge in [-0.1, -0.05) is 12.1 Å². The van der Waals surface area contributed by atoms with Gasteiger partial charge in [-0.2, -0.15) is 0 Å². The molecule has 0 spiro atoms. The number of aromatic nitrogens is 1. The van der Waals surface area contributed by atoms with Gasteiger partial charge in [0.2, 0.25) is 5.91 Å². The molecule has 4 heterocycles. The van der Waals surface area contributed by atoms with Gasteiger partial charge in [-0.25, -0.2) is 18.6 Å². The van der Waals surface area contributed by atoms with E-state index in [4.69, 9.17) is 0 Å². The summed E-state index contributed by atoms with van der Waals surface area (Å²) in [6.07, 6.45) is 6.23. The Hall–Kier alpha value is -4.05. The number of likely N-dealkylation sites (tertiary alicyclic amines) is 2. The van der Waals surface area contributed by atoms with Gasteiger partial charge in [0.25, 0.3) is 0 Å². The molecule has 2 N–H and O–H groups in total. The Morgan fingerprint density at radius 1 is 1.00 bits per heavy atom. The molecular weight excluding hydrogens is 514 g/mol. The second-order valence-electron chi connectivity index (χ2n) is 10.7. The van der Waals surface area contributed by atoms with Gasteiger partial charge in [0.1, 0.15) is 11.6 Å². The van der Waals surface area contributed by atoms with Crippen molar-refractivity contribution in [2.24, 2.45) is 0 Å². The summed E-state index contributed by atoms with van der Waals surface area (Å²) in [5, 5.41) is 6.03. The van der Waals surface area contributed by atoms with Crippen molar-refractivity contribution >= 4 is 29.1 Å². The molecule has 0 aliphatic carbocycles. The number of urea groups is 1. The first-order valence-corrected chi connectivity index (χ1v) is 13.8. The van der Waals surface area contributed by atoms with Crippen LogP contribution in [-0.2, 0) is 11.3 Å². The highest BCUT2D eigenvalue weighted by molar-refractivity contribution is 6.02. The number of rotatable bonds is 6. The number of carbonyl (C=O) groups excluding carboxylic acids is 2. The molecule has 40 heavy (non-hydrogen) atoms. The van der Waals surface area contributed by atoms with E-state index in [-0.39, 0.29) is 36.6 Å². The number of hydrogen-bond donors (Lipinski definition) is 2. The summed E-state index contributed by atoms with van der Waals surface area (Å²) >= 11 is 0. The third-order valence-corrected chi connectivity index (χ3v) is 7.98. The Morgan fingerprint density at radius 3 is 2.60 bits per heavy atom. The van der Waals surface area contributed by atoms with Crippen molar-refractivity contribution < 1.29 is 18.4 Å². The third kappa shape index (κ3) is 5.49. The van der Waals surface area contributed by atoms with Crippen molar-refractivity contribution in [1.82, 2.24) is 14.8 Å². The highest BCUT2D eigenvalue weighted by atomic mass is 19.1. The van der Waals surface area contributed by atoms with Crippen LogP contribution in [0, 0.1) is 11.6 Å². The van der Waals surface area contributed by atoms with Crippen molar-refractivity contribution in [3.63, 3.8) is 0 Å². The second kappa shape index (κ2) is 11.2. The summed E-state index contributed by atoms with van der Waals surface area (Å²) in [5.41, 5.74) is 2.88. The molecule has 2 saturated heterocycles. The minimum Gasteiger partial charge on any atom is -0.359 e. The molecule has 0 unspecified atom stereocenters. The number of benzene rings is 2. The lowest BCUT2D eigenvalue weighted by Gasteiger charge is -2.30. The Kier molecular flexibility index (Phi) is 7.34. The number of amides is 3. The number of hydrogen-bond acceptors (Lipinski definition) is 5. The number of nitrogens with one attached hydrogen (secondary N) is 2. The summed E-state index contributed by atoms with van der Waals surface area (Å²) in [6.45, 7) is 3.86. The largest absolute Gasteiger partial charge is 0.359 e. The summed E-state index contributed by atoms with van der Waals surface area (Å²) in [4.78, 5) is 36.1. The van der Waals surface area contributed by atoms with Crippen molar-refractivity contribution in [3.8, 4) is 11.1 Å². The predicted molar refractivity (Wildman–Crippen MR) is 150 cm³/mol. The lowest BCUT2D eigenvalue weighted by molar-refractivity contribution is -0.117. The summed E-state index contributed by atoms with van der Waals surface area (Å²) in [5.74, 6) is -0.909. The number of carbonyl (C=O) groups is 2. The fourth-order valence-electron chi connectivity index (χ4n) is 5.85. The Balaban J connectivity index is 1.16. The van der Waals surface area contributed by atoms with E-state index in [1.54, 1.807) is 6.20 Å². The summed E-state index contributed by atoms with van der Waals surface area (Å²) < 4.78 is 28.1. The van der Waals surface area contributed by atoms with E-state index in [1.807, 2.05) is 35.2 Å². The molecular formula is C30H32F2N6O2. The summed E-state index contributed by atoms with van der Waals surface area (Å²) in [7, 11) is 0. The lowest BCUT2D eigenvalue weighted by Crippen LogP contribution is -2.44. The molecule has 2 aromatic carbocycles. The predicted octanol–water partition coefficient (Wildman–Crippen LogP) is 5.08. The van der Waals surface area contributed by atoms with Gasteiger partial charge in [0.15, 0.2) is 5.82 Å². The monoisotopic (exact) mass is 546 g/mol. The Labute approximate surface area is 232 Å². The van der Waals surface area contributed by atoms with Crippen molar-refractivity contribution in [3.05, 3.63) is 71.9 Å². The number of pyridine rings is 1. The SMILES string of the molecule is O=C1CNc2ncc(-c3ccc(NC(=O)N4CCC[C@H]4CN4CCCC4)cc3)cc2N1Cc1cc(F)ccc1F. The van der Waals surface area contributed by atoms with Crippen LogP contribution >= 0.6 is 0 Å². The maximum atomic E-state index is 14.3. The van der Waals surface area contributed by atoms with E-state index in [9.17, 15) is 18.4 Å². The van der Waals surface area contributed by atoms with Gasteiger partial charge < -0.3 is 25.3 Å². The highest BCUT2D eigenvalue weighted by Gasteiger charge is 2.31. The normalized spacial score (nSPS) is 19.1. The first kappa shape index (κ1) is 26.2. The van der Waals surface area contributed by atoms with Gasteiger partial charge >= 0.3 is 6.03 Å². The fraction of sp³-hybridized carbons (Fsp3) is 0.367. The molecule has 1 aromatic heterocycles. The van der Waals surface area contributed by atoms with E-state index >= 15 is 0 Å². The highest BCUT2D eigenvalue weighted by Crippen LogP contribution is 2.34. The maximum absolute atomic E-state index is 14.3. The van der Waals surface area contributed by atoms with Gasteiger partial charge in [-0.15, -0.1) is 0 Å². The zero-order valence-corrected chi connectivity index (χ0v) is 22.2. The average molecular weight is 547 g/mol. The minimum atomic E-state index is -0.577. The number of fused-ring (bicyclic) bond motifs is 1. The molecule has 3 aromatic rings. The van der Waals surface area contributed by atoms with Crippen LogP contribution in [0.15, 0.2) is 54.7 Å². The molecule has 208 valence electrons. The van der Waals surface area contributed by atoms with Gasteiger partial charge in [-0.05, 0) is 80.7 Å². The summed E-state index contributed by atoms with van der Waals surface area (Å²) in [6, 6.07) is 12.7. The second-order valence-corrected chi connectivity index (χ2v) is 10.7. The zero-order chi connectivity index (χ0) is 27.6. The molecule has 0 saturated carbocycles. The van der Waals surface area contributed by atoms with Crippen LogP contribution in [0.25, 0.3) is 11.1 Å². The molecule has 2 fully saturated rings. The molecule has 8 nitrogen and oxygen atoms in total. The van der Waals surface area contributed by atoms with E-state index in [0.29, 0.717) is 17.2 Å². The first-order valence-electron chi connectivity index (χ1n) is 13.8. The van der Waals surface area contributed by atoms with Crippen LogP contribution in [0.3, 0.4) is 0 Å². The standard InChI is InChI=1S/C30H32F2N6O2/c31-23-7-10-26(32)22(14-23)18-38-27-15-21(16-33-29(27)34-17-28(38)39)20-5-8-24(9-6-20)35-30(40)37-13-3-4-25(37)19-36-11-1-2-12-36/h5-10,14-16,25H,1-4,11-13,17-19H2,(H,33,34)(H,35,40)/t25-/m0/s1. The fourth-order valence-corrected chi connectivity index (χ4v) is 5.85. The van der Waals surface area contributed by atoms with Crippen molar-refractivity contribution in [2.75, 3.05) is 48.3 Å². The minimum absolute atomic E-state index is 0.0145. The number of halogens is 2. The van der Waals surface area contributed by atoms with Crippen LogP contribution in [0.2, 0.25) is 0 Å². The third-order valence-electron chi connectivity index (χ3n) is 7.98. The molecule has 0 radical (unpaired) electrons. The quantitative estimate of drug-likeness (QED) is 0.451. The van der Waals surface area contributed by atoms with Gasteiger partial charge in [0, 0.05) is 42.1 Å². The van der Waals surface area contributed by atoms with Crippen molar-refractivity contribution in [2.45, 2.75) is 38.3 Å². The van der Waals surface area contributed by atoms with E-state index in [1.165, 1.54) is 17.7 Å². The van der Waals surface area contributed by atoms with Crippen LogP contribution in [0.1, 0.15) is 31.2 Å². The molecule has 3 aliphatic rings. The average Bonchev–Trinajstić information content (AvgIpc) is 3.65. The molecule has 10 heteroatoms. The molecule has 0 bridgehead atoms. The van der Waals surface area contributed by atoms with Gasteiger partial charge in [0.05, 0.1) is 18.8 Å². The van der Waals surface area contributed by atoms with Crippen LogP contribution in [0.4, 0.5) is 30.8 Å². The van der Waals surface area contributed by atoms with Crippen LogP contribution in [0.5, 0.6) is 0 Å². The van der Waals surface area contributed by atoms with E-state index in [2.05, 4.69) is 20.5 Å². The molecule has 1 atom stereocenters. The first-order chi connectivity index (χ1) is 19.4. The molecule has 3 aliphatic heterocycles. The Morgan fingerprint density at radius 2 is 1.80 bits per heavy atom. The Bertz CT molecular complexity index is 1410. The number of nitrogens with zero attached hydrogens (tertiary/aromatic N) is 4. The zero-order valence-electron chi connectivity index (χ0n) is 22.2. The molecule has 6 rings (SSSR count). The van der Waals surface area contributed by atoms with Crippen LogP contribution < -0.4 is 15.5 Å². The smallest absolute Gasteiger partial charge is 0.322 e. The maximum Gasteiger partial charge on any atom is 0.322 e. The van der Waals surface area contributed by atoms with E-state index in [0.717, 1.165) is 68.3 Å².